The minimum absolute atomic E-state index is 0.185. The van der Waals surface area contributed by atoms with Crippen LogP contribution in [0.1, 0.15) is 45.2 Å². The molecule has 0 unspecified atom stereocenters. The van der Waals surface area contributed by atoms with Crippen LogP contribution in [-0.4, -0.2) is 29.0 Å². The maximum Gasteiger partial charge on any atom is 0.251 e. The number of hydrogen-bond donors (Lipinski definition) is 1. The van der Waals surface area contributed by atoms with Crippen molar-refractivity contribution in [1.29, 1.82) is 5.26 Å². The van der Waals surface area contributed by atoms with Crippen molar-refractivity contribution in [3.63, 3.8) is 0 Å². The average molecular weight is 440 g/mol. The first-order valence-corrected chi connectivity index (χ1v) is 11.1. The van der Waals surface area contributed by atoms with Crippen LogP contribution in [0.25, 0.3) is 0 Å². The Bertz CT molecular complexity index is 1250. The molecule has 4 heterocycles. The Hall–Kier alpha value is -3.76. The number of hydrogen-bond acceptors (Lipinski definition) is 6. The minimum atomic E-state index is -0.748. The number of aromatic nitrogens is 2. The van der Waals surface area contributed by atoms with Crippen molar-refractivity contribution in [3.8, 4) is 6.07 Å². The number of benzene rings is 1. The van der Waals surface area contributed by atoms with Crippen LogP contribution in [-0.2, 0) is 36.3 Å². The monoisotopic (exact) mass is 439 g/mol. The molecular formula is C26H25N5O2. The first kappa shape index (κ1) is 21.1. The second kappa shape index (κ2) is 8.64. The molecule has 1 N–H and O–H groups in total. The van der Waals surface area contributed by atoms with Gasteiger partial charge in [-0.2, -0.15) is 5.26 Å². The Morgan fingerprint density at radius 1 is 1.21 bits per heavy atom. The molecule has 0 radical (unpaired) electrons. The second-order valence-corrected chi connectivity index (χ2v) is 8.81. The van der Waals surface area contributed by atoms with Gasteiger partial charge >= 0.3 is 0 Å². The van der Waals surface area contributed by atoms with Gasteiger partial charge < -0.3 is 15.0 Å². The molecule has 1 aromatic carbocycles. The van der Waals surface area contributed by atoms with Crippen LogP contribution in [0.5, 0.6) is 0 Å². The third kappa shape index (κ3) is 4.18. The summed E-state index contributed by atoms with van der Waals surface area (Å²) in [5.74, 6) is -0.185. The third-order valence-corrected chi connectivity index (χ3v) is 6.47. The van der Waals surface area contributed by atoms with Gasteiger partial charge in [-0.3, -0.25) is 14.8 Å². The molecular weight excluding hydrogens is 414 g/mol. The zero-order valence-corrected chi connectivity index (χ0v) is 18.5. The van der Waals surface area contributed by atoms with E-state index >= 15 is 0 Å². The molecule has 0 saturated heterocycles. The van der Waals surface area contributed by atoms with Crippen LogP contribution >= 0.6 is 0 Å². The van der Waals surface area contributed by atoms with Gasteiger partial charge in [0, 0.05) is 42.9 Å². The Morgan fingerprint density at radius 3 is 3.00 bits per heavy atom. The van der Waals surface area contributed by atoms with Crippen LogP contribution in [0.2, 0.25) is 0 Å². The van der Waals surface area contributed by atoms with Gasteiger partial charge in [-0.1, -0.05) is 6.07 Å². The van der Waals surface area contributed by atoms with Gasteiger partial charge in [-0.25, -0.2) is 0 Å². The Kier molecular flexibility index (Phi) is 5.53. The fourth-order valence-electron chi connectivity index (χ4n) is 4.53. The van der Waals surface area contributed by atoms with Crippen LogP contribution in [0.15, 0.2) is 55.0 Å². The van der Waals surface area contributed by atoms with Gasteiger partial charge in [-0.05, 0) is 65.9 Å². The molecule has 3 aromatic rings. The van der Waals surface area contributed by atoms with Crippen LogP contribution in [0.4, 0.5) is 5.69 Å². The highest BCUT2D eigenvalue weighted by Crippen LogP contribution is 2.32. The van der Waals surface area contributed by atoms with Gasteiger partial charge in [0.15, 0.2) is 0 Å². The number of rotatable bonds is 4. The van der Waals surface area contributed by atoms with Crippen molar-refractivity contribution in [2.45, 2.75) is 38.5 Å². The minimum Gasteiger partial charge on any atom is -0.375 e. The lowest BCUT2D eigenvalue weighted by atomic mass is 9.79. The van der Waals surface area contributed by atoms with Crippen molar-refractivity contribution < 1.29 is 9.53 Å². The summed E-state index contributed by atoms with van der Waals surface area (Å²) in [6.07, 6.45) is 6.55. The number of nitrogens with one attached hydrogen (secondary N) is 1. The summed E-state index contributed by atoms with van der Waals surface area (Å²) < 4.78 is 5.55. The normalized spacial score (nSPS) is 19.2. The summed E-state index contributed by atoms with van der Waals surface area (Å²) >= 11 is 0. The first-order valence-electron chi connectivity index (χ1n) is 11.1. The molecule has 7 heteroatoms. The summed E-state index contributed by atoms with van der Waals surface area (Å²) in [5.41, 5.74) is 6.09. The molecule has 0 fully saturated rings. The number of pyridine rings is 2. The van der Waals surface area contributed by atoms with E-state index in [1.165, 1.54) is 11.1 Å². The molecule has 0 spiro atoms. The van der Waals surface area contributed by atoms with E-state index in [-0.39, 0.29) is 5.91 Å². The zero-order chi connectivity index (χ0) is 22.8. The first-order chi connectivity index (χ1) is 16.1. The van der Waals surface area contributed by atoms with Gasteiger partial charge in [0.25, 0.3) is 5.91 Å². The molecule has 166 valence electrons. The molecule has 2 aliphatic rings. The topological polar surface area (TPSA) is 91.1 Å². The van der Waals surface area contributed by atoms with Gasteiger partial charge in [0.05, 0.1) is 31.5 Å². The number of carbonyl (C=O) groups excluding carboxylic acids is 1. The predicted octanol–water partition coefficient (Wildman–Crippen LogP) is 3.28. The lowest BCUT2D eigenvalue weighted by molar-refractivity contribution is 0.0757. The predicted molar refractivity (Wildman–Crippen MR) is 123 cm³/mol. The fraction of sp³-hybridized carbons (Fsp3) is 0.308. The number of anilines is 1. The molecule has 33 heavy (non-hydrogen) atoms. The van der Waals surface area contributed by atoms with E-state index in [0.29, 0.717) is 25.3 Å². The molecule has 1 atom stereocenters. The highest BCUT2D eigenvalue weighted by atomic mass is 16.5. The maximum atomic E-state index is 12.9. The van der Waals surface area contributed by atoms with Crippen molar-refractivity contribution in [3.05, 3.63) is 88.5 Å². The summed E-state index contributed by atoms with van der Waals surface area (Å²) in [7, 11) is 0. The smallest absolute Gasteiger partial charge is 0.251 e. The average Bonchev–Trinajstić information content (AvgIpc) is 2.87. The molecule has 0 saturated carbocycles. The molecule has 2 aromatic heterocycles. The second-order valence-electron chi connectivity index (χ2n) is 8.81. The molecule has 0 aliphatic carbocycles. The Labute approximate surface area is 193 Å². The van der Waals surface area contributed by atoms with E-state index in [4.69, 9.17) is 4.74 Å². The van der Waals surface area contributed by atoms with E-state index in [9.17, 15) is 10.1 Å². The van der Waals surface area contributed by atoms with Crippen molar-refractivity contribution in [2.75, 3.05) is 18.1 Å². The van der Waals surface area contributed by atoms with E-state index in [0.717, 1.165) is 42.0 Å². The quantitative estimate of drug-likeness (QED) is 0.671. The third-order valence-electron chi connectivity index (χ3n) is 6.47. The van der Waals surface area contributed by atoms with Crippen LogP contribution in [0, 0.1) is 11.3 Å². The summed E-state index contributed by atoms with van der Waals surface area (Å²) in [6, 6.07) is 13.9. The number of ether oxygens (including phenoxy) is 1. The highest BCUT2D eigenvalue weighted by Gasteiger charge is 2.33. The number of nitrogens with zero attached hydrogens (tertiary/aromatic N) is 4. The standard InChI is InChI=1S/C26H25N5O2/c1-26(16-27)17-33-15-20-3-2-19(10-24(20)26)25(32)30-13-22-11-23(5-8-29-22)31-9-6-18-4-7-28-12-21(18)14-31/h2-5,7-8,10-12H,6,9,13-15,17H2,1H3,(H,30,32)/t26-/m1/s1. The van der Waals surface area contributed by atoms with Crippen molar-refractivity contribution in [1.82, 2.24) is 15.3 Å². The van der Waals surface area contributed by atoms with Crippen molar-refractivity contribution in [2.24, 2.45) is 0 Å². The summed E-state index contributed by atoms with van der Waals surface area (Å²) in [6.45, 7) is 4.71. The van der Waals surface area contributed by atoms with Crippen molar-refractivity contribution >= 4 is 11.6 Å². The highest BCUT2D eigenvalue weighted by molar-refractivity contribution is 5.94. The van der Waals surface area contributed by atoms with E-state index in [1.54, 1.807) is 12.3 Å². The lowest BCUT2D eigenvalue weighted by Crippen LogP contribution is -2.33. The number of nitriles is 1. The fourth-order valence-corrected chi connectivity index (χ4v) is 4.53. The number of carbonyl (C=O) groups is 1. The van der Waals surface area contributed by atoms with Crippen LogP contribution in [0.3, 0.4) is 0 Å². The van der Waals surface area contributed by atoms with E-state index < -0.39 is 5.41 Å². The summed E-state index contributed by atoms with van der Waals surface area (Å²) in [5, 5.41) is 12.6. The molecule has 1 amide bonds. The molecule has 5 rings (SSSR count). The molecule has 7 nitrogen and oxygen atoms in total. The number of amides is 1. The molecule has 0 bridgehead atoms. The Balaban J connectivity index is 1.28. The Morgan fingerprint density at radius 2 is 2.12 bits per heavy atom. The lowest BCUT2D eigenvalue weighted by Gasteiger charge is -2.30. The van der Waals surface area contributed by atoms with E-state index in [2.05, 4.69) is 32.3 Å². The summed E-state index contributed by atoms with van der Waals surface area (Å²) in [4.78, 5) is 23.9. The van der Waals surface area contributed by atoms with E-state index in [1.807, 2.05) is 43.6 Å². The molecule has 2 aliphatic heterocycles. The largest absolute Gasteiger partial charge is 0.375 e. The van der Waals surface area contributed by atoms with Gasteiger partial charge in [0.1, 0.15) is 5.41 Å². The maximum absolute atomic E-state index is 12.9. The zero-order valence-electron chi connectivity index (χ0n) is 18.5. The van der Waals surface area contributed by atoms with Crippen LogP contribution < -0.4 is 10.2 Å². The number of fused-ring (bicyclic) bond motifs is 2. The van der Waals surface area contributed by atoms with Gasteiger partial charge in [-0.15, -0.1) is 0 Å². The van der Waals surface area contributed by atoms with Gasteiger partial charge in [0.2, 0.25) is 0 Å². The SMILES string of the molecule is C[C@@]1(C#N)COCc2ccc(C(=O)NCc3cc(N4CCc5ccncc5C4)ccn3)cc21.